The SMILES string of the molecule is Cc1cc(C)c(C)c(OC(c2cccs2)C(C)N)c1. The maximum Gasteiger partial charge on any atom is 0.148 e. The second-order valence-corrected chi connectivity index (χ2v) is 6.10. The third-order valence-corrected chi connectivity index (χ3v) is 4.25. The van der Waals surface area contributed by atoms with Crippen LogP contribution in [0.5, 0.6) is 5.75 Å². The fourth-order valence-corrected chi connectivity index (χ4v) is 3.01. The summed E-state index contributed by atoms with van der Waals surface area (Å²) in [7, 11) is 0. The number of ether oxygens (including phenoxy) is 1. The van der Waals surface area contributed by atoms with Gasteiger partial charge in [-0.25, -0.2) is 0 Å². The van der Waals surface area contributed by atoms with Gasteiger partial charge in [0.25, 0.3) is 0 Å². The lowest BCUT2D eigenvalue weighted by Gasteiger charge is -2.23. The second kappa shape index (κ2) is 5.76. The minimum atomic E-state index is -0.0834. The Labute approximate surface area is 119 Å². The highest BCUT2D eigenvalue weighted by atomic mass is 32.1. The molecular formula is C16H21NOS. The predicted octanol–water partition coefficient (Wildman–Crippen LogP) is 4.14. The van der Waals surface area contributed by atoms with E-state index in [9.17, 15) is 0 Å². The van der Waals surface area contributed by atoms with E-state index in [1.54, 1.807) is 11.3 Å². The molecule has 19 heavy (non-hydrogen) atoms. The summed E-state index contributed by atoms with van der Waals surface area (Å²) in [5, 5.41) is 2.06. The van der Waals surface area contributed by atoms with Gasteiger partial charge in [-0.3, -0.25) is 0 Å². The lowest BCUT2D eigenvalue weighted by atomic mass is 10.1. The van der Waals surface area contributed by atoms with Gasteiger partial charge in [0.15, 0.2) is 0 Å². The van der Waals surface area contributed by atoms with Gasteiger partial charge in [-0.15, -0.1) is 11.3 Å². The molecule has 0 bridgehead atoms. The minimum Gasteiger partial charge on any atom is -0.483 e. The van der Waals surface area contributed by atoms with Gasteiger partial charge in [0.1, 0.15) is 11.9 Å². The molecular weight excluding hydrogens is 254 g/mol. The third-order valence-electron chi connectivity index (χ3n) is 3.32. The summed E-state index contributed by atoms with van der Waals surface area (Å²) in [5.41, 5.74) is 9.74. The van der Waals surface area contributed by atoms with E-state index in [-0.39, 0.29) is 12.1 Å². The zero-order valence-electron chi connectivity index (χ0n) is 11.9. The molecule has 0 aliphatic rings. The van der Waals surface area contributed by atoms with Gasteiger partial charge in [0, 0.05) is 10.9 Å². The molecule has 1 aromatic heterocycles. The number of nitrogens with two attached hydrogens (primary N) is 1. The van der Waals surface area contributed by atoms with Crippen LogP contribution in [0.25, 0.3) is 0 Å². The molecule has 0 saturated carbocycles. The molecule has 0 radical (unpaired) electrons. The summed E-state index contributed by atoms with van der Waals surface area (Å²) in [6, 6.07) is 8.34. The number of thiophene rings is 1. The van der Waals surface area contributed by atoms with Crippen molar-refractivity contribution in [2.24, 2.45) is 5.73 Å². The van der Waals surface area contributed by atoms with Crippen LogP contribution in [-0.4, -0.2) is 6.04 Å². The van der Waals surface area contributed by atoms with E-state index in [4.69, 9.17) is 10.5 Å². The molecule has 2 atom stereocenters. The number of benzene rings is 1. The van der Waals surface area contributed by atoms with E-state index in [1.165, 1.54) is 21.6 Å². The van der Waals surface area contributed by atoms with E-state index in [1.807, 2.05) is 13.0 Å². The highest BCUT2D eigenvalue weighted by Crippen LogP contribution is 2.31. The van der Waals surface area contributed by atoms with Crippen molar-refractivity contribution in [3.63, 3.8) is 0 Å². The smallest absolute Gasteiger partial charge is 0.148 e. The van der Waals surface area contributed by atoms with Gasteiger partial charge in [0.05, 0.1) is 0 Å². The summed E-state index contributed by atoms with van der Waals surface area (Å²) in [5.74, 6) is 0.938. The minimum absolute atomic E-state index is 0.0427. The summed E-state index contributed by atoms with van der Waals surface area (Å²) >= 11 is 1.69. The highest BCUT2D eigenvalue weighted by molar-refractivity contribution is 7.10. The third kappa shape index (κ3) is 3.17. The Balaban J connectivity index is 2.33. The topological polar surface area (TPSA) is 35.2 Å². The van der Waals surface area contributed by atoms with Crippen molar-refractivity contribution >= 4 is 11.3 Å². The molecule has 2 N–H and O–H groups in total. The lowest BCUT2D eigenvalue weighted by molar-refractivity contribution is 0.182. The zero-order chi connectivity index (χ0) is 14.0. The van der Waals surface area contributed by atoms with E-state index >= 15 is 0 Å². The molecule has 0 fully saturated rings. The predicted molar refractivity (Wildman–Crippen MR) is 82.0 cm³/mol. The maximum absolute atomic E-state index is 6.20. The van der Waals surface area contributed by atoms with Gasteiger partial charge in [0.2, 0.25) is 0 Å². The van der Waals surface area contributed by atoms with E-state index in [2.05, 4.69) is 44.4 Å². The summed E-state index contributed by atoms with van der Waals surface area (Å²) < 4.78 is 6.20. The molecule has 2 aromatic rings. The van der Waals surface area contributed by atoms with Crippen LogP contribution in [0.2, 0.25) is 0 Å². The lowest BCUT2D eigenvalue weighted by Crippen LogP contribution is -2.28. The Hall–Kier alpha value is -1.32. The highest BCUT2D eigenvalue weighted by Gasteiger charge is 2.20. The van der Waals surface area contributed by atoms with Crippen LogP contribution in [0.3, 0.4) is 0 Å². The molecule has 1 aromatic carbocycles. The number of hydrogen-bond acceptors (Lipinski definition) is 3. The molecule has 2 rings (SSSR count). The van der Waals surface area contributed by atoms with E-state index in [0.29, 0.717) is 0 Å². The van der Waals surface area contributed by atoms with Crippen LogP contribution in [0.4, 0.5) is 0 Å². The molecule has 0 aliphatic heterocycles. The van der Waals surface area contributed by atoms with Crippen molar-refractivity contribution in [2.75, 3.05) is 0 Å². The average molecular weight is 275 g/mol. The van der Waals surface area contributed by atoms with Crippen LogP contribution < -0.4 is 10.5 Å². The number of rotatable bonds is 4. The fraction of sp³-hybridized carbons (Fsp3) is 0.375. The van der Waals surface area contributed by atoms with Crippen LogP contribution in [0, 0.1) is 20.8 Å². The number of hydrogen-bond donors (Lipinski definition) is 1. The average Bonchev–Trinajstić information content (AvgIpc) is 2.84. The van der Waals surface area contributed by atoms with Crippen molar-refractivity contribution in [2.45, 2.75) is 39.8 Å². The van der Waals surface area contributed by atoms with Crippen molar-refractivity contribution in [3.8, 4) is 5.75 Å². The molecule has 2 nitrogen and oxygen atoms in total. The molecule has 0 amide bonds. The van der Waals surface area contributed by atoms with E-state index in [0.717, 1.165) is 5.75 Å². The molecule has 3 heteroatoms. The van der Waals surface area contributed by atoms with Crippen molar-refractivity contribution in [3.05, 3.63) is 51.2 Å². The van der Waals surface area contributed by atoms with Gasteiger partial charge >= 0.3 is 0 Å². The second-order valence-electron chi connectivity index (χ2n) is 5.12. The normalized spacial score (nSPS) is 14.2. The van der Waals surface area contributed by atoms with Crippen LogP contribution in [0.1, 0.15) is 34.6 Å². The Kier molecular flexibility index (Phi) is 4.27. The van der Waals surface area contributed by atoms with Gasteiger partial charge in [-0.2, -0.15) is 0 Å². The molecule has 0 spiro atoms. The first kappa shape index (κ1) is 14.1. The fourth-order valence-electron chi connectivity index (χ4n) is 2.14. The van der Waals surface area contributed by atoms with Gasteiger partial charge in [-0.05, 0) is 61.9 Å². The summed E-state index contributed by atoms with van der Waals surface area (Å²) in [4.78, 5) is 1.17. The monoisotopic (exact) mass is 275 g/mol. The van der Waals surface area contributed by atoms with Crippen molar-refractivity contribution in [1.29, 1.82) is 0 Å². The Morgan fingerprint density at radius 1 is 1.21 bits per heavy atom. The maximum atomic E-state index is 6.20. The van der Waals surface area contributed by atoms with Gasteiger partial charge < -0.3 is 10.5 Å². The first-order valence-corrected chi connectivity index (χ1v) is 7.40. The number of aryl methyl sites for hydroxylation is 2. The Bertz CT molecular complexity index is 546. The van der Waals surface area contributed by atoms with Crippen LogP contribution >= 0.6 is 11.3 Å². The van der Waals surface area contributed by atoms with Crippen LogP contribution in [0.15, 0.2) is 29.6 Å². The molecule has 2 unspecified atom stereocenters. The van der Waals surface area contributed by atoms with E-state index < -0.39 is 0 Å². The molecule has 102 valence electrons. The standard InChI is InChI=1S/C16H21NOS/c1-10-8-11(2)12(3)14(9-10)18-16(13(4)17)15-6-5-7-19-15/h5-9,13,16H,17H2,1-4H3. The van der Waals surface area contributed by atoms with Crippen LogP contribution in [-0.2, 0) is 0 Å². The first-order valence-electron chi connectivity index (χ1n) is 6.52. The van der Waals surface area contributed by atoms with Crippen molar-refractivity contribution in [1.82, 2.24) is 0 Å². The molecule has 0 saturated heterocycles. The quantitative estimate of drug-likeness (QED) is 0.910. The zero-order valence-corrected chi connectivity index (χ0v) is 12.8. The Morgan fingerprint density at radius 2 is 1.95 bits per heavy atom. The largest absolute Gasteiger partial charge is 0.483 e. The first-order chi connectivity index (χ1) is 8.99. The van der Waals surface area contributed by atoms with Gasteiger partial charge in [-0.1, -0.05) is 12.1 Å². The molecule has 0 aliphatic carbocycles. The van der Waals surface area contributed by atoms with Crippen molar-refractivity contribution < 1.29 is 4.74 Å². The molecule has 1 heterocycles. The summed E-state index contributed by atoms with van der Waals surface area (Å²) in [6.45, 7) is 8.28. The summed E-state index contributed by atoms with van der Waals surface area (Å²) in [6.07, 6.45) is -0.0834. The Morgan fingerprint density at radius 3 is 2.53 bits per heavy atom.